The molecule has 1 aliphatic carbocycles. The summed E-state index contributed by atoms with van der Waals surface area (Å²) in [7, 11) is 0. The molecule has 0 bridgehead atoms. The van der Waals surface area contributed by atoms with E-state index in [0.29, 0.717) is 6.54 Å². The van der Waals surface area contributed by atoms with Crippen molar-refractivity contribution in [3.63, 3.8) is 0 Å². The van der Waals surface area contributed by atoms with Crippen LogP contribution in [0.5, 0.6) is 0 Å². The fourth-order valence-corrected chi connectivity index (χ4v) is 3.53. The van der Waals surface area contributed by atoms with E-state index in [0.717, 1.165) is 22.2 Å². The van der Waals surface area contributed by atoms with E-state index in [1.165, 1.54) is 36.1 Å². The maximum Gasteiger partial charge on any atom is 0.261 e. The van der Waals surface area contributed by atoms with Gasteiger partial charge in [-0.3, -0.25) is 4.79 Å². The first-order valence-electron chi connectivity index (χ1n) is 6.40. The molecule has 1 heterocycles. The zero-order chi connectivity index (χ0) is 13.0. The molecule has 1 aliphatic rings. The number of hydrogen-bond donors (Lipinski definition) is 1. The Morgan fingerprint density at radius 2 is 2.06 bits per heavy atom. The third kappa shape index (κ3) is 3.69. The fraction of sp³-hybridized carbons (Fsp3) is 0.500. The molecule has 4 heteroatoms. The Kier molecular flexibility index (Phi) is 5.01. The molecule has 18 heavy (non-hydrogen) atoms. The first-order chi connectivity index (χ1) is 8.66. The van der Waals surface area contributed by atoms with Crippen molar-refractivity contribution in [2.24, 2.45) is 0 Å². The van der Waals surface area contributed by atoms with Crippen LogP contribution in [-0.4, -0.2) is 12.5 Å². The number of halogens is 1. The minimum atomic E-state index is 0.0207. The molecule has 0 fully saturated rings. The van der Waals surface area contributed by atoms with E-state index in [4.69, 9.17) is 0 Å². The molecule has 0 unspecified atom stereocenters. The summed E-state index contributed by atoms with van der Waals surface area (Å²) in [4.78, 5) is 14.2. The Bertz CT molecular complexity index is 427. The van der Waals surface area contributed by atoms with Crippen molar-refractivity contribution in [2.75, 3.05) is 6.54 Å². The molecule has 2 rings (SSSR count). The monoisotopic (exact) mass is 327 g/mol. The molecule has 0 radical (unpaired) electrons. The second-order valence-corrected chi connectivity index (χ2v) is 6.93. The lowest BCUT2D eigenvalue weighted by Gasteiger charge is -2.07. The first-order valence-corrected chi connectivity index (χ1v) is 8.01. The molecular weight excluding hydrogens is 310 g/mol. The number of hydrogen-bond acceptors (Lipinski definition) is 2. The Hall–Kier alpha value is -0.610. The normalized spacial score (nSPS) is 15.4. The maximum absolute atomic E-state index is 12.0. The summed E-state index contributed by atoms with van der Waals surface area (Å²) in [6.45, 7) is 4.20. The lowest BCUT2D eigenvalue weighted by molar-refractivity contribution is 0.0961. The van der Waals surface area contributed by atoms with Crippen LogP contribution in [0.2, 0.25) is 0 Å². The average Bonchev–Trinajstić information content (AvgIpc) is 2.68. The summed E-state index contributed by atoms with van der Waals surface area (Å²) in [6.07, 6.45) is 7.42. The largest absolute Gasteiger partial charge is 0.347 e. The first kappa shape index (κ1) is 13.8. The second kappa shape index (κ2) is 6.53. The molecular formula is C14H18BrNOS. The molecule has 0 saturated heterocycles. The van der Waals surface area contributed by atoms with Crippen molar-refractivity contribution in [3.05, 3.63) is 32.4 Å². The number of rotatable bonds is 3. The summed E-state index contributed by atoms with van der Waals surface area (Å²) in [6, 6.07) is 2.08. The van der Waals surface area contributed by atoms with Gasteiger partial charge in [-0.05, 0) is 37.3 Å². The molecule has 0 aliphatic heterocycles. The third-order valence-electron chi connectivity index (χ3n) is 3.16. The van der Waals surface area contributed by atoms with Gasteiger partial charge < -0.3 is 5.32 Å². The van der Waals surface area contributed by atoms with E-state index in [1.54, 1.807) is 11.3 Å². The summed E-state index contributed by atoms with van der Waals surface area (Å²) >= 11 is 4.91. The van der Waals surface area contributed by atoms with Gasteiger partial charge in [0.1, 0.15) is 0 Å². The number of fused-ring (bicyclic) bond motifs is 1. The predicted molar refractivity (Wildman–Crippen MR) is 80.6 cm³/mol. The lowest BCUT2D eigenvalue weighted by Crippen LogP contribution is -2.23. The van der Waals surface area contributed by atoms with Crippen LogP contribution in [0.1, 0.15) is 45.8 Å². The molecule has 0 aromatic carbocycles. The van der Waals surface area contributed by atoms with Crippen molar-refractivity contribution < 1.29 is 4.79 Å². The Labute approximate surface area is 121 Å². The van der Waals surface area contributed by atoms with Crippen LogP contribution in [0.3, 0.4) is 0 Å². The minimum Gasteiger partial charge on any atom is -0.347 e. The molecule has 1 N–H and O–H groups in total. The van der Waals surface area contributed by atoms with Crippen LogP contribution in [0, 0.1) is 0 Å². The third-order valence-corrected chi connectivity index (χ3v) is 4.68. The van der Waals surface area contributed by atoms with Crippen LogP contribution in [0.25, 0.3) is 0 Å². The Balaban J connectivity index is 2.07. The second-order valence-electron chi connectivity index (χ2n) is 4.67. The maximum atomic E-state index is 12.0. The summed E-state index contributed by atoms with van der Waals surface area (Å²) in [5.74, 6) is 0.0207. The fourth-order valence-electron chi connectivity index (χ4n) is 2.22. The lowest BCUT2D eigenvalue weighted by atomic mass is 10.00. The minimum absolute atomic E-state index is 0.0207. The molecule has 1 aromatic rings. The average molecular weight is 328 g/mol. The SMILES string of the molecule is C=C(Br)CNC(=O)c1cc2c(s1)CCCCCC2. The van der Waals surface area contributed by atoms with Crippen molar-refractivity contribution in [2.45, 2.75) is 38.5 Å². The van der Waals surface area contributed by atoms with Gasteiger partial charge in [0, 0.05) is 15.9 Å². The van der Waals surface area contributed by atoms with Gasteiger partial charge in [0.15, 0.2) is 0 Å². The van der Waals surface area contributed by atoms with Crippen molar-refractivity contribution in [1.29, 1.82) is 0 Å². The van der Waals surface area contributed by atoms with E-state index >= 15 is 0 Å². The highest BCUT2D eigenvalue weighted by Gasteiger charge is 2.15. The van der Waals surface area contributed by atoms with Gasteiger partial charge >= 0.3 is 0 Å². The highest BCUT2D eigenvalue weighted by atomic mass is 79.9. The number of aryl methyl sites for hydroxylation is 2. The van der Waals surface area contributed by atoms with Crippen molar-refractivity contribution >= 4 is 33.2 Å². The predicted octanol–water partition coefficient (Wildman–Crippen LogP) is 4.05. The number of carbonyl (C=O) groups excluding carboxylic acids is 1. The number of carbonyl (C=O) groups is 1. The molecule has 1 amide bonds. The standard InChI is InChI=1S/C14H18BrNOS/c1-10(15)9-16-14(17)13-8-11-6-4-2-3-5-7-12(11)18-13/h8H,1-7,9H2,(H,16,17). The van der Waals surface area contributed by atoms with E-state index in [1.807, 2.05) is 0 Å². The summed E-state index contributed by atoms with van der Waals surface area (Å²) < 4.78 is 0.797. The molecule has 98 valence electrons. The van der Waals surface area contributed by atoms with Crippen LogP contribution in [-0.2, 0) is 12.8 Å². The van der Waals surface area contributed by atoms with Crippen molar-refractivity contribution in [1.82, 2.24) is 5.32 Å². The summed E-state index contributed by atoms with van der Waals surface area (Å²) in [5.41, 5.74) is 1.39. The van der Waals surface area contributed by atoms with E-state index in [9.17, 15) is 4.79 Å². The Morgan fingerprint density at radius 3 is 2.78 bits per heavy atom. The van der Waals surface area contributed by atoms with Gasteiger partial charge in [-0.2, -0.15) is 0 Å². The van der Waals surface area contributed by atoms with Crippen LogP contribution in [0.4, 0.5) is 0 Å². The molecule has 0 spiro atoms. The molecule has 0 atom stereocenters. The van der Waals surface area contributed by atoms with Gasteiger partial charge in [0.25, 0.3) is 5.91 Å². The molecule has 2 nitrogen and oxygen atoms in total. The Morgan fingerprint density at radius 1 is 1.33 bits per heavy atom. The number of amides is 1. The number of thiophene rings is 1. The molecule has 1 aromatic heterocycles. The highest BCUT2D eigenvalue weighted by molar-refractivity contribution is 9.11. The van der Waals surface area contributed by atoms with E-state index < -0.39 is 0 Å². The number of nitrogens with one attached hydrogen (secondary N) is 1. The molecule has 0 saturated carbocycles. The summed E-state index contributed by atoms with van der Waals surface area (Å²) in [5, 5.41) is 2.86. The van der Waals surface area contributed by atoms with Gasteiger partial charge in [0.2, 0.25) is 0 Å². The van der Waals surface area contributed by atoms with Crippen LogP contribution >= 0.6 is 27.3 Å². The smallest absolute Gasteiger partial charge is 0.261 e. The van der Waals surface area contributed by atoms with Crippen LogP contribution in [0.15, 0.2) is 17.1 Å². The highest BCUT2D eigenvalue weighted by Crippen LogP contribution is 2.28. The van der Waals surface area contributed by atoms with E-state index in [-0.39, 0.29) is 5.91 Å². The van der Waals surface area contributed by atoms with Crippen LogP contribution < -0.4 is 5.32 Å². The van der Waals surface area contributed by atoms with Gasteiger partial charge in [-0.1, -0.05) is 35.4 Å². The van der Waals surface area contributed by atoms with Gasteiger partial charge in [0.05, 0.1) is 4.88 Å². The topological polar surface area (TPSA) is 29.1 Å². The van der Waals surface area contributed by atoms with Gasteiger partial charge in [-0.15, -0.1) is 11.3 Å². The van der Waals surface area contributed by atoms with Crippen molar-refractivity contribution in [3.8, 4) is 0 Å². The van der Waals surface area contributed by atoms with E-state index in [2.05, 4.69) is 33.9 Å². The zero-order valence-electron chi connectivity index (χ0n) is 10.4. The zero-order valence-corrected chi connectivity index (χ0v) is 12.8. The van der Waals surface area contributed by atoms with Gasteiger partial charge in [-0.25, -0.2) is 0 Å². The quantitative estimate of drug-likeness (QED) is 0.891.